The van der Waals surface area contributed by atoms with Crippen molar-refractivity contribution in [1.82, 2.24) is 15.1 Å². The van der Waals surface area contributed by atoms with Crippen LogP contribution in [0, 0.1) is 15.5 Å². The van der Waals surface area contributed by atoms with E-state index in [1.165, 1.54) is 16.9 Å². The fourth-order valence-electron chi connectivity index (χ4n) is 1.60. The summed E-state index contributed by atoms with van der Waals surface area (Å²) in [6, 6.07) is 1.26. The van der Waals surface area contributed by atoms with Crippen molar-refractivity contribution in [1.29, 1.82) is 0 Å². The van der Waals surface area contributed by atoms with Crippen molar-refractivity contribution in [3.05, 3.63) is 22.4 Å². The second-order valence-corrected chi connectivity index (χ2v) is 4.71. The quantitative estimate of drug-likeness (QED) is 0.586. The molecule has 0 radical (unpaired) electrons. The van der Waals surface area contributed by atoms with Crippen LogP contribution in [0.1, 0.15) is 6.92 Å². The van der Waals surface area contributed by atoms with Crippen molar-refractivity contribution in [2.75, 3.05) is 19.8 Å². The fourth-order valence-corrected chi connectivity index (χ4v) is 1.60. The number of amides is 1. The first kappa shape index (κ1) is 12.5. The summed E-state index contributed by atoms with van der Waals surface area (Å²) in [6.07, 6.45) is 1.41. The molecule has 8 nitrogen and oxygen atoms in total. The smallest absolute Gasteiger partial charge is 0.380 e. The average molecular weight is 254 g/mol. The van der Waals surface area contributed by atoms with Gasteiger partial charge in [-0.15, -0.1) is 0 Å². The molecular weight excluding hydrogens is 240 g/mol. The van der Waals surface area contributed by atoms with Crippen LogP contribution in [-0.2, 0) is 16.1 Å². The van der Waals surface area contributed by atoms with Crippen LogP contribution in [-0.4, -0.2) is 40.4 Å². The maximum atomic E-state index is 11.6. The molecule has 0 saturated carbocycles. The number of nitro groups is 1. The molecule has 1 aliphatic rings. The number of hydrogen-bond acceptors (Lipinski definition) is 5. The molecule has 1 aromatic rings. The Morgan fingerprint density at radius 3 is 2.94 bits per heavy atom. The van der Waals surface area contributed by atoms with Crippen LogP contribution in [0.25, 0.3) is 0 Å². The number of nitrogens with one attached hydrogen (secondary N) is 1. The van der Waals surface area contributed by atoms with Crippen LogP contribution >= 0.6 is 0 Å². The van der Waals surface area contributed by atoms with Crippen molar-refractivity contribution in [2.45, 2.75) is 13.5 Å². The fraction of sp³-hybridized carbons (Fsp3) is 0.600. The van der Waals surface area contributed by atoms with E-state index in [1.807, 2.05) is 6.92 Å². The molecule has 0 bridgehead atoms. The minimum Gasteiger partial charge on any atom is -0.380 e. The van der Waals surface area contributed by atoms with E-state index in [4.69, 9.17) is 4.74 Å². The number of carbonyl (C=O) groups is 1. The minimum absolute atomic E-state index is 0.00573. The maximum absolute atomic E-state index is 11.6. The summed E-state index contributed by atoms with van der Waals surface area (Å²) in [7, 11) is 0. The Labute approximate surface area is 103 Å². The van der Waals surface area contributed by atoms with Gasteiger partial charge < -0.3 is 20.2 Å². The summed E-state index contributed by atoms with van der Waals surface area (Å²) in [6.45, 7) is 3.82. The van der Waals surface area contributed by atoms with Gasteiger partial charge in [-0.1, -0.05) is 6.92 Å². The lowest BCUT2D eigenvalue weighted by molar-refractivity contribution is -0.389. The molecule has 0 unspecified atom stereocenters. The van der Waals surface area contributed by atoms with Gasteiger partial charge in [0.15, 0.2) is 0 Å². The standard InChI is InChI=1S/C10H14N4O4/c1-10(6-18-7-10)5-11-9(15)4-13-3-2-8(12-13)14(16)17/h2-3H,4-7H2,1H3,(H,11,15). The highest BCUT2D eigenvalue weighted by atomic mass is 16.6. The van der Waals surface area contributed by atoms with Crippen molar-refractivity contribution in [3.63, 3.8) is 0 Å². The number of ether oxygens (including phenoxy) is 1. The Bertz CT molecular complexity index is 466. The molecule has 1 aromatic heterocycles. The highest BCUT2D eigenvalue weighted by molar-refractivity contribution is 5.75. The van der Waals surface area contributed by atoms with Gasteiger partial charge in [0, 0.05) is 12.0 Å². The van der Waals surface area contributed by atoms with E-state index >= 15 is 0 Å². The van der Waals surface area contributed by atoms with Crippen molar-refractivity contribution >= 4 is 11.7 Å². The Kier molecular flexibility index (Phi) is 3.28. The molecule has 1 aliphatic heterocycles. The number of aromatic nitrogens is 2. The number of rotatable bonds is 5. The minimum atomic E-state index is -0.596. The zero-order valence-electron chi connectivity index (χ0n) is 9.96. The predicted octanol–water partition coefficient (Wildman–Crippen LogP) is -0.0560. The van der Waals surface area contributed by atoms with Crippen LogP contribution in [0.3, 0.4) is 0 Å². The van der Waals surface area contributed by atoms with E-state index in [9.17, 15) is 14.9 Å². The van der Waals surface area contributed by atoms with Crippen LogP contribution in [0.5, 0.6) is 0 Å². The summed E-state index contributed by atoms with van der Waals surface area (Å²) in [5.41, 5.74) is 0.00573. The highest BCUT2D eigenvalue weighted by Gasteiger charge is 2.33. The zero-order chi connectivity index (χ0) is 13.2. The maximum Gasteiger partial charge on any atom is 0.389 e. The van der Waals surface area contributed by atoms with Crippen molar-refractivity contribution in [3.8, 4) is 0 Å². The van der Waals surface area contributed by atoms with Crippen LogP contribution in [0.4, 0.5) is 5.82 Å². The van der Waals surface area contributed by atoms with Gasteiger partial charge in [-0.05, 0) is 4.92 Å². The summed E-state index contributed by atoms with van der Waals surface area (Å²) >= 11 is 0. The Hall–Kier alpha value is -1.96. The highest BCUT2D eigenvalue weighted by Crippen LogP contribution is 2.24. The van der Waals surface area contributed by atoms with E-state index < -0.39 is 4.92 Å². The predicted molar refractivity (Wildman–Crippen MR) is 60.8 cm³/mol. The van der Waals surface area contributed by atoms with Gasteiger partial charge in [-0.2, -0.15) is 4.68 Å². The molecule has 2 rings (SSSR count). The molecule has 1 fully saturated rings. The first-order valence-electron chi connectivity index (χ1n) is 5.51. The largest absolute Gasteiger partial charge is 0.389 e. The van der Waals surface area contributed by atoms with E-state index in [1.54, 1.807) is 0 Å². The van der Waals surface area contributed by atoms with Crippen LogP contribution in [0.15, 0.2) is 12.3 Å². The third kappa shape index (κ3) is 2.83. The van der Waals surface area contributed by atoms with Gasteiger partial charge >= 0.3 is 5.82 Å². The molecule has 2 heterocycles. The molecule has 0 atom stereocenters. The first-order valence-corrected chi connectivity index (χ1v) is 5.51. The Morgan fingerprint density at radius 2 is 2.44 bits per heavy atom. The second kappa shape index (κ2) is 4.73. The Balaban J connectivity index is 1.81. The van der Waals surface area contributed by atoms with Crippen molar-refractivity contribution < 1.29 is 14.5 Å². The monoisotopic (exact) mass is 254 g/mol. The van der Waals surface area contributed by atoms with E-state index in [-0.39, 0.29) is 23.7 Å². The molecule has 1 N–H and O–H groups in total. The number of carbonyl (C=O) groups excluding carboxylic acids is 1. The molecule has 8 heteroatoms. The summed E-state index contributed by atoms with van der Waals surface area (Å²) in [5, 5.41) is 16.8. The SMILES string of the molecule is CC1(CNC(=O)Cn2ccc([N+](=O)[O-])n2)COC1. The lowest BCUT2D eigenvalue weighted by Gasteiger charge is -2.37. The Morgan fingerprint density at radius 1 is 1.72 bits per heavy atom. The molecule has 1 amide bonds. The lowest BCUT2D eigenvalue weighted by atomic mass is 9.89. The molecule has 98 valence electrons. The molecule has 0 aromatic carbocycles. The van der Waals surface area contributed by atoms with E-state index in [2.05, 4.69) is 10.4 Å². The lowest BCUT2D eigenvalue weighted by Crippen LogP contribution is -2.49. The van der Waals surface area contributed by atoms with E-state index in [0.29, 0.717) is 19.8 Å². The number of nitrogens with zero attached hydrogens (tertiary/aromatic N) is 3. The van der Waals surface area contributed by atoms with Gasteiger partial charge in [-0.25, -0.2) is 0 Å². The van der Waals surface area contributed by atoms with Gasteiger partial charge in [0.2, 0.25) is 5.91 Å². The van der Waals surface area contributed by atoms with E-state index in [0.717, 1.165) is 0 Å². The molecule has 0 spiro atoms. The average Bonchev–Trinajstić information content (AvgIpc) is 2.72. The van der Waals surface area contributed by atoms with Gasteiger partial charge in [-0.3, -0.25) is 4.79 Å². The molecule has 0 aliphatic carbocycles. The number of hydrogen-bond donors (Lipinski definition) is 1. The van der Waals surface area contributed by atoms with Gasteiger partial charge in [0.25, 0.3) is 0 Å². The topological polar surface area (TPSA) is 99.3 Å². The third-order valence-corrected chi connectivity index (χ3v) is 2.73. The zero-order valence-corrected chi connectivity index (χ0v) is 9.96. The van der Waals surface area contributed by atoms with Gasteiger partial charge in [0.1, 0.15) is 6.54 Å². The molecule has 1 saturated heterocycles. The first-order chi connectivity index (χ1) is 8.48. The van der Waals surface area contributed by atoms with Crippen LogP contribution < -0.4 is 5.32 Å². The van der Waals surface area contributed by atoms with Gasteiger partial charge in [0.05, 0.1) is 30.6 Å². The summed E-state index contributed by atoms with van der Waals surface area (Å²) in [4.78, 5) is 21.4. The normalized spacial score (nSPS) is 16.9. The second-order valence-electron chi connectivity index (χ2n) is 4.71. The summed E-state index contributed by atoms with van der Waals surface area (Å²) < 4.78 is 6.32. The molecule has 18 heavy (non-hydrogen) atoms. The molecular formula is C10H14N4O4. The van der Waals surface area contributed by atoms with Crippen molar-refractivity contribution in [2.24, 2.45) is 5.41 Å². The summed E-state index contributed by atoms with van der Waals surface area (Å²) in [5.74, 6) is -0.483. The third-order valence-electron chi connectivity index (χ3n) is 2.73. The van der Waals surface area contributed by atoms with Crippen LogP contribution in [0.2, 0.25) is 0 Å².